The molecule has 0 aliphatic heterocycles. The third-order valence-corrected chi connectivity index (χ3v) is 3.11. The fourth-order valence-electron chi connectivity index (χ4n) is 2.00. The zero-order valence-corrected chi connectivity index (χ0v) is 12.4. The maximum absolute atomic E-state index is 4.05. The summed E-state index contributed by atoms with van der Waals surface area (Å²) in [6.45, 7) is 13.1. The topological polar surface area (TPSA) is 3.24 Å². The van der Waals surface area contributed by atoms with Crippen LogP contribution in [0, 0.1) is 6.92 Å². The highest BCUT2D eigenvalue weighted by Gasteiger charge is 2.02. The van der Waals surface area contributed by atoms with E-state index in [4.69, 9.17) is 0 Å². The van der Waals surface area contributed by atoms with Crippen molar-refractivity contribution in [1.82, 2.24) is 4.90 Å². The Morgan fingerprint density at radius 1 is 1.26 bits per heavy atom. The Hall–Kier alpha value is -1.76. The second-order valence-corrected chi connectivity index (χ2v) is 5.03. The second-order valence-electron chi connectivity index (χ2n) is 5.03. The van der Waals surface area contributed by atoms with Crippen LogP contribution in [0.1, 0.15) is 30.9 Å². The van der Waals surface area contributed by atoms with Crippen LogP contribution in [0.4, 0.5) is 0 Å². The Morgan fingerprint density at radius 3 is 2.42 bits per heavy atom. The summed E-state index contributed by atoms with van der Waals surface area (Å²) in [6.07, 6.45) is 6.19. The zero-order chi connectivity index (χ0) is 14.3. The summed E-state index contributed by atoms with van der Waals surface area (Å²) in [6, 6.07) is 8.67. The Morgan fingerprint density at radius 2 is 1.89 bits per heavy atom. The van der Waals surface area contributed by atoms with Gasteiger partial charge in [-0.3, -0.25) is 0 Å². The molecule has 1 aromatic carbocycles. The molecule has 19 heavy (non-hydrogen) atoms. The largest absolute Gasteiger partial charge is 0.376 e. The zero-order valence-electron chi connectivity index (χ0n) is 12.4. The highest BCUT2D eigenvalue weighted by atomic mass is 15.1. The highest BCUT2D eigenvalue weighted by Crippen LogP contribution is 2.17. The quantitative estimate of drug-likeness (QED) is 0.629. The minimum atomic E-state index is 0.915. The Bertz CT molecular complexity index is 451. The Kier molecular flexibility index (Phi) is 6.14. The second kappa shape index (κ2) is 7.63. The van der Waals surface area contributed by atoms with Gasteiger partial charge in [0.2, 0.25) is 0 Å². The van der Waals surface area contributed by atoms with Crippen molar-refractivity contribution in [3.05, 3.63) is 72.0 Å². The molecule has 0 amide bonds. The number of nitrogens with zero attached hydrogens (tertiary/aromatic N) is 1. The van der Waals surface area contributed by atoms with Crippen LogP contribution in [0.15, 0.2) is 60.8 Å². The molecule has 0 spiro atoms. The van der Waals surface area contributed by atoms with E-state index in [1.807, 2.05) is 6.08 Å². The van der Waals surface area contributed by atoms with Crippen LogP contribution < -0.4 is 0 Å². The van der Waals surface area contributed by atoms with Gasteiger partial charge in [-0.25, -0.2) is 0 Å². The molecule has 1 rings (SSSR count). The lowest BCUT2D eigenvalue weighted by Crippen LogP contribution is -2.11. The molecule has 0 aliphatic carbocycles. The van der Waals surface area contributed by atoms with Crippen molar-refractivity contribution < 1.29 is 0 Å². The van der Waals surface area contributed by atoms with Crippen molar-refractivity contribution in [3.8, 4) is 0 Å². The summed E-state index contributed by atoms with van der Waals surface area (Å²) in [7, 11) is 2.10. The monoisotopic (exact) mass is 255 g/mol. The van der Waals surface area contributed by atoms with Gasteiger partial charge in [-0.1, -0.05) is 62.4 Å². The number of benzene rings is 1. The lowest BCUT2D eigenvalue weighted by molar-refractivity contribution is 0.446. The lowest BCUT2D eigenvalue weighted by Gasteiger charge is -2.17. The molecule has 0 unspecified atom stereocenters. The first-order valence-electron chi connectivity index (χ1n) is 6.85. The molecule has 0 heterocycles. The van der Waals surface area contributed by atoms with Gasteiger partial charge in [0.15, 0.2) is 0 Å². The van der Waals surface area contributed by atoms with Gasteiger partial charge in [0.05, 0.1) is 0 Å². The van der Waals surface area contributed by atoms with E-state index >= 15 is 0 Å². The molecule has 1 nitrogen and oxygen atoms in total. The first-order valence-corrected chi connectivity index (χ1v) is 6.85. The van der Waals surface area contributed by atoms with Crippen LogP contribution in [0.25, 0.3) is 0 Å². The van der Waals surface area contributed by atoms with Gasteiger partial charge in [-0.2, -0.15) is 0 Å². The normalized spacial score (nSPS) is 11.2. The fraction of sp³-hybridized carbons (Fsp3) is 0.333. The molecule has 0 bridgehead atoms. The molecular formula is C18H25N. The minimum absolute atomic E-state index is 0.915. The van der Waals surface area contributed by atoms with Gasteiger partial charge in [0.1, 0.15) is 0 Å². The summed E-state index contributed by atoms with van der Waals surface area (Å²) in [5.74, 6) is 0. The number of hydrogen-bond acceptors (Lipinski definition) is 1. The summed E-state index contributed by atoms with van der Waals surface area (Å²) < 4.78 is 0. The van der Waals surface area contributed by atoms with Gasteiger partial charge in [-0.05, 0) is 30.1 Å². The van der Waals surface area contributed by atoms with Crippen molar-refractivity contribution >= 4 is 0 Å². The Balaban J connectivity index is 2.74. The first-order chi connectivity index (χ1) is 9.06. The third-order valence-electron chi connectivity index (χ3n) is 3.11. The van der Waals surface area contributed by atoms with Crippen molar-refractivity contribution in [3.63, 3.8) is 0 Å². The molecule has 0 radical (unpaired) electrons. The van der Waals surface area contributed by atoms with E-state index in [0.29, 0.717) is 0 Å². The number of aryl methyl sites for hydroxylation is 1. The summed E-state index contributed by atoms with van der Waals surface area (Å²) in [5.41, 5.74) is 4.92. The summed E-state index contributed by atoms with van der Waals surface area (Å²) in [5, 5.41) is 0. The van der Waals surface area contributed by atoms with Crippen LogP contribution in [-0.4, -0.2) is 11.9 Å². The minimum Gasteiger partial charge on any atom is -0.376 e. The molecule has 102 valence electrons. The average molecular weight is 255 g/mol. The van der Waals surface area contributed by atoms with Crippen molar-refractivity contribution in [2.75, 3.05) is 7.05 Å². The average Bonchev–Trinajstić information content (AvgIpc) is 2.40. The summed E-state index contributed by atoms with van der Waals surface area (Å²) >= 11 is 0. The molecule has 0 atom stereocenters. The van der Waals surface area contributed by atoms with Crippen LogP contribution >= 0.6 is 0 Å². The molecule has 1 heteroatoms. The van der Waals surface area contributed by atoms with Crippen LogP contribution in [-0.2, 0) is 6.54 Å². The van der Waals surface area contributed by atoms with Gasteiger partial charge in [0.25, 0.3) is 0 Å². The van der Waals surface area contributed by atoms with Gasteiger partial charge >= 0.3 is 0 Å². The van der Waals surface area contributed by atoms with E-state index < -0.39 is 0 Å². The summed E-state index contributed by atoms with van der Waals surface area (Å²) in [4.78, 5) is 2.21. The van der Waals surface area contributed by atoms with Crippen LogP contribution in [0.3, 0.4) is 0 Å². The molecule has 0 N–H and O–H groups in total. The van der Waals surface area contributed by atoms with Gasteiger partial charge in [0, 0.05) is 19.8 Å². The van der Waals surface area contributed by atoms with E-state index in [0.717, 1.165) is 25.0 Å². The van der Waals surface area contributed by atoms with Crippen molar-refractivity contribution in [1.29, 1.82) is 0 Å². The number of rotatable bonds is 7. The van der Waals surface area contributed by atoms with E-state index in [9.17, 15) is 0 Å². The molecule has 0 fully saturated rings. The van der Waals surface area contributed by atoms with Crippen molar-refractivity contribution in [2.24, 2.45) is 0 Å². The predicted molar refractivity (Wildman–Crippen MR) is 85.0 cm³/mol. The van der Waals surface area contributed by atoms with Crippen LogP contribution in [0.2, 0.25) is 0 Å². The standard InChI is InChI=1S/C18H25N/c1-6-8-18(16(4)7-2)14-19(5)13-17-11-9-15(3)10-12-17/h7,9-12,14H,2,4,6,8,13H2,1,3,5H3/b18-14-. The molecule has 0 saturated heterocycles. The van der Waals surface area contributed by atoms with Gasteiger partial charge in [-0.15, -0.1) is 0 Å². The molecule has 0 aliphatic rings. The fourth-order valence-corrected chi connectivity index (χ4v) is 2.00. The van der Waals surface area contributed by atoms with E-state index in [1.165, 1.54) is 16.7 Å². The van der Waals surface area contributed by atoms with Crippen molar-refractivity contribution in [2.45, 2.75) is 33.2 Å². The molecular weight excluding hydrogens is 230 g/mol. The first kappa shape index (κ1) is 15.3. The maximum Gasteiger partial charge on any atom is 0.0420 e. The van der Waals surface area contributed by atoms with Crippen LogP contribution in [0.5, 0.6) is 0 Å². The SMILES string of the molecule is C=CC(=C)/C(=C\N(C)Cc1ccc(C)cc1)CCC. The Labute approximate surface area is 118 Å². The molecule has 0 saturated carbocycles. The van der Waals surface area contributed by atoms with E-state index in [1.54, 1.807) is 0 Å². The van der Waals surface area contributed by atoms with E-state index in [2.05, 4.69) is 69.4 Å². The third kappa shape index (κ3) is 5.17. The lowest BCUT2D eigenvalue weighted by atomic mass is 10.0. The smallest absolute Gasteiger partial charge is 0.0420 e. The van der Waals surface area contributed by atoms with E-state index in [-0.39, 0.29) is 0 Å². The number of allylic oxidation sites excluding steroid dienone is 3. The number of hydrogen-bond donors (Lipinski definition) is 0. The molecule has 0 aromatic heterocycles. The van der Waals surface area contributed by atoms with Gasteiger partial charge < -0.3 is 4.90 Å². The maximum atomic E-state index is 4.05. The highest BCUT2D eigenvalue weighted by molar-refractivity contribution is 5.36. The predicted octanol–water partition coefficient (Wildman–Crippen LogP) is 4.85. The molecule has 1 aromatic rings.